The van der Waals surface area contributed by atoms with Crippen LogP contribution in [0.5, 0.6) is 17.2 Å². The van der Waals surface area contributed by atoms with Crippen LogP contribution in [0.2, 0.25) is 0 Å². The van der Waals surface area contributed by atoms with E-state index in [-0.39, 0.29) is 31.8 Å². The SMILES string of the molecule is COc1c(Br)c(C(=O)OCC(=O)Nc2sc3c(c2C#N)CCC3)c(Br)c(OC)c1OC. The fraction of sp³-hybridized carbons (Fsp3) is 0.350. The Morgan fingerprint density at radius 3 is 2.23 bits per heavy atom. The van der Waals surface area contributed by atoms with Gasteiger partial charge in [-0.2, -0.15) is 5.26 Å². The van der Waals surface area contributed by atoms with Crippen LogP contribution in [0.1, 0.15) is 32.8 Å². The summed E-state index contributed by atoms with van der Waals surface area (Å²) < 4.78 is 21.7. The Bertz CT molecular complexity index is 1060. The zero-order valence-electron chi connectivity index (χ0n) is 16.9. The van der Waals surface area contributed by atoms with Gasteiger partial charge in [-0.15, -0.1) is 11.3 Å². The fourth-order valence-electron chi connectivity index (χ4n) is 3.33. The number of esters is 1. The van der Waals surface area contributed by atoms with Crippen molar-refractivity contribution in [1.82, 2.24) is 0 Å². The van der Waals surface area contributed by atoms with E-state index in [4.69, 9.17) is 18.9 Å². The summed E-state index contributed by atoms with van der Waals surface area (Å²) >= 11 is 8.05. The number of hydrogen-bond acceptors (Lipinski definition) is 8. The normalized spacial score (nSPS) is 12.0. The maximum Gasteiger partial charge on any atom is 0.341 e. The molecule has 0 spiro atoms. The smallest absolute Gasteiger partial charge is 0.341 e. The molecule has 1 heterocycles. The number of methoxy groups -OCH3 is 3. The van der Waals surface area contributed by atoms with Crippen molar-refractivity contribution in [3.63, 3.8) is 0 Å². The summed E-state index contributed by atoms with van der Waals surface area (Å²) in [5.41, 5.74) is 1.58. The van der Waals surface area contributed by atoms with Gasteiger partial charge in [0, 0.05) is 4.88 Å². The number of thiophene rings is 1. The Morgan fingerprint density at radius 2 is 1.68 bits per heavy atom. The van der Waals surface area contributed by atoms with Crippen LogP contribution in [0.25, 0.3) is 0 Å². The molecule has 164 valence electrons. The molecule has 0 atom stereocenters. The van der Waals surface area contributed by atoms with Crippen molar-refractivity contribution in [2.45, 2.75) is 19.3 Å². The zero-order chi connectivity index (χ0) is 22.7. The van der Waals surface area contributed by atoms with Crippen molar-refractivity contribution in [1.29, 1.82) is 5.26 Å². The number of aryl methyl sites for hydroxylation is 1. The first-order chi connectivity index (χ1) is 14.9. The third-order valence-corrected chi connectivity index (χ3v) is 7.41. The highest BCUT2D eigenvalue weighted by atomic mass is 79.9. The number of carbonyl (C=O) groups excluding carboxylic acids is 2. The molecule has 0 saturated carbocycles. The van der Waals surface area contributed by atoms with Gasteiger partial charge in [0.2, 0.25) is 5.75 Å². The molecular weight excluding hydrogens is 556 g/mol. The number of rotatable bonds is 7. The molecule has 1 amide bonds. The zero-order valence-corrected chi connectivity index (χ0v) is 20.9. The Hall–Kier alpha value is -2.29. The average Bonchev–Trinajstić information content (AvgIpc) is 3.32. The van der Waals surface area contributed by atoms with E-state index in [9.17, 15) is 14.9 Å². The number of hydrogen-bond donors (Lipinski definition) is 1. The van der Waals surface area contributed by atoms with Crippen molar-refractivity contribution in [3.8, 4) is 23.3 Å². The highest BCUT2D eigenvalue weighted by Gasteiger charge is 2.29. The van der Waals surface area contributed by atoms with Gasteiger partial charge < -0.3 is 24.3 Å². The van der Waals surface area contributed by atoms with Crippen molar-refractivity contribution in [2.75, 3.05) is 33.3 Å². The number of halogens is 2. The van der Waals surface area contributed by atoms with Gasteiger partial charge in [-0.05, 0) is 56.7 Å². The van der Waals surface area contributed by atoms with Gasteiger partial charge in [0.15, 0.2) is 18.1 Å². The van der Waals surface area contributed by atoms with Gasteiger partial charge in [-0.1, -0.05) is 0 Å². The fourth-order valence-corrected chi connectivity index (χ4v) is 6.26. The average molecular weight is 574 g/mol. The lowest BCUT2D eigenvalue weighted by Crippen LogP contribution is -2.21. The van der Waals surface area contributed by atoms with Gasteiger partial charge in [-0.3, -0.25) is 4.79 Å². The number of nitriles is 1. The first kappa shape index (κ1) is 23.4. The first-order valence-electron chi connectivity index (χ1n) is 9.06. The quantitative estimate of drug-likeness (QED) is 0.487. The molecule has 0 radical (unpaired) electrons. The van der Waals surface area contributed by atoms with Gasteiger partial charge in [-0.25, -0.2) is 4.79 Å². The molecule has 1 aliphatic carbocycles. The van der Waals surface area contributed by atoms with Crippen molar-refractivity contribution in [3.05, 3.63) is 30.5 Å². The van der Waals surface area contributed by atoms with Gasteiger partial charge in [0.05, 0.1) is 41.4 Å². The minimum Gasteiger partial charge on any atom is -0.492 e. The van der Waals surface area contributed by atoms with Gasteiger partial charge in [0.25, 0.3) is 5.91 Å². The van der Waals surface area contributed by atoms with Crippen LogP contribution in [-0.2, 0) is 22.4 Å². The summed E-state index contributed by atoms with van der Waals surface area (Å²) in [6.07, 6.45) is 2.76. The van der Waals surface area contributed by atoms with Crippen molar-refractivity contribution < 1.29 is 28.5 Å². The molecule has 3 rings (SSSR count). The molecule has 0 aliphatic heterocycles. The van der Waals surface area contributed by atoms with E-state index in [2.05, 4.69) is 43.2 Å². The van der Waals surface area contributed by atoms with E-state index < -0.39 is 18.5 Å². The molecule has 1 aromatic carbocycles. The predicted octanol–water partition coefficient (Wildman–Crippen LogP) is 4.45. The van der Waals surface area contributed by atoms with E-state index in [1.165, 1.54) is 32.7 Å². The van der Waals surface area contributed by atoms with Gasteiger partial charge in [0.1, 0.15) is 11.1 Å². The largest absolute Gasteiger partial charge is 0.492 e. The molecule has 0 saturated heterocycles. The second-order valence-corrected chi connectivity index (χ2v) is 9.09. The third kappa shape index (κ3) is 4.37. The third-order valence-electron chi connectivity index (χ3n) is 4.69. The summed E-state index contributed by atoms with van der Waals surface area (Å²) in [5.74, 6) is -0.545. The minimum absolute atomic E-state index is 0.0788. The summed E-state index contributed by atoms with van der Waals surface area (Å²) in [6, 6.07) is 2.16. The highest BCUT2D eigenvalue weighted by molar-refractivity contribution is 9.11. The summed E-state index contributed by atoms with van der Waals surface area (Å²) in [6.45, 7) is -0.526. The van der Waals surface area contributed by atoms with E-state index >= 15 is 0 Å². The maximum absolute atomic E-state index is 12.8. The molecular formula is C20H18Br2N2O6S. The van der Waals surface area contributed by atoms with E-state index in [1.807, 2.05) is 0 Å². The van der Waals surface area contributed by atoms with E-state index in [1.54, 1.807) is 0 Å². The molecule has 0 fully saturated rings. The molecule has 1 N–H and O–H groups in total. The Labute approximate surface area is 199 Å². The van der Waals surface area contributed by atoms with E-state index in [0.717, 1.165) is 29.7 Å². The molecule has 0 bridgehead atoms. The molecule has 11 heteroatoms. The number of amides is 1. The van der Waals surface area contributed by atoms with Crippen LogP contribution < -0.4 is 19.5 Å². The predicted molar refractivity (Wildman–Crippen MR) is 121 cm³/mol. The molecule has 1 aromatic heterocycles. The standard InChI is InChI=1S/C20H18Br2N2O6S/c1-27-16-14(21)13(15(22)17(28-2)18(16)29-3)20(26)30-8-12(25)24-19-10(7-23)9-5-4-6-11(9)31-19/h4-6,8H2,1-3H3,(H,24,25). The number of carbonyl (C=O) groups is 2. The number of nitrogens with one attached hydrogen (secondary N) is 1. The lowest BCUT2D eigenvalue weighted by molar-refractivity contribution is -0.119. The monoisotopic (exact) mass is 572 g/mol. The molecule has 31 heavy (non-hydrogen) atoms. The Kier molecular flexibility index (Phi) is 7.46. The van der Waals surface area contributed by atoms with Crippen LogP contribution in [0.3, 0.4) is 0 Å². The molecule has 1 aliphatic rings. The number of ether oxygens (including phenoxy) is 4. The lowest BCUT2D eigenvalue weighted by Gasteiger charge is -2.18. The van der Waals surface area contributed by atoms with Crippen LogP contribution in [0.4, 0.5) is 5.00 Å². The Balaban J connectivity index is 1.77. The molecule has 2 aromatic rings. The summed E-state index contributed by atoms with van der Waals surface area (Å²) in [4.78, 5) is 26.2. The topological polar surface area (TPSA) is 107 Å². The first-order valence-corrected chi connectivity index (χ1v) is 11.5. The van der Waals surface area contributed by atoms with Crippen LogP contribution in [0, 0.1) is 11.3 Å². The van der Waals surface area contributed by atoms with Crippen molar-refractivity contribution in [2.24, 2.45) is 0 Å². The second-order valence-electron chi connectivity index (χ2n) is 6.40. The number of benzene rings is 1. The van der Waals surface area contributed by atoms with E-state index in [0.29, 0.717) is 10.6 Å². The number of nitrogens with zero attached hydrogens (tertiary/aromatic N) is 1. The molecule has 8 nitrogen and oxygen atoms in total. The number of fused-ring (bicyclic) bond motifs is 1. The highest BCUT2D eigenvalue weighted by Crippen LogP contribution is 2.50. The summed E-state index contributed by atoms with van der Waals surface area (Å²) in [5, 5.41) is 12.6. The van der Waals surface area contributed by atoms with Crippen LogP contribution in [-0.4, -0.2) is 39.8 Å². The summed E-state index contributed by atoms with van der Waals surface area (Å²) in [7, 11) is 4.28. The lowest BCUT2D eigenvalue weighted by atomic mass is 10.1. The van der Waals surface area contributed by atoms with Gasteiger partial charge >= 0.3 is 5.97 Å². The second kappa shape index (κ2) is 9.89. The van der Waals surface area contributed by atoms with Crippen molar-refractivity contribution >= 4 is 60.1 Å². The molecule has 0 unspecified atom stereocenters. The van der Waals surface area contributed by atoms with Crippen LogP contribution in [0.15, 0.2) is 8.95 Å². The maximum atomic E-state index is 12.8. The Morgan fingerprint density at radius 1 is 1.06 bits per heavy atom. The van der Waals surface area contributed by atoms with Crippen LogP contribution >= 0.6 is 43.2 Å². The number of anilines is 1. The minimum atomic E-state index is -0.776.